The Kier molecular flexibility index (Phi) is 3.37. The van der Waals surface area contributed by atoms with Crippen LogP contribution in [0.4, 0.5) is 0 Å². The summed E-state index contributed by atoms with van der Waals surface area (Å²) in [7, 11) is 0. The fourth-order valence-electron chi connectivity index (χ4n) is 2.25. The van der Waals surface area contributed by atoms with Gasteiger partial charge in [0.05, 0.1) is 0 Å². The summed E-state index contributed by atoms with van der Waals surface area (Å²) in [4.78, 5) is 0. The van der Waals surface area contributed by atoms with Gasteiger partial charge in [0.25, 0.3) is 0 Å². The Hall–Kier alpha value is -2.41. The number of fused-ring (bicyclic) bond motifs is 1. The van der Waals surface area contributed by atoms with E-state index in [1.807, 2.05) is 6.07 Å². The molecule has 3 aromatic rings. The van der Waals surface area contributed by atoms with E-state index in [0.29, 0.717) is 0 Å². The number of nitrogens with zero attached hydrogens (tertiary/aromatic N) is 1. The maximum atomic E-state index is 2.26. The third-order valence-electron chi connectivity index (χ3n) is 3.20. The van der Waals surface area contributed by atoms with Crippen LogP contribution >= 0.6 is 0 Å². The Morgan fingerprint density at radius 2 is 1.53 bits per heavy atom. The van der Waals surface area contributed by atoms with Gasteiger partial charge in [-0.2, -0.15) is 4.57 Å². The molecule has 0 saturated heterocycles. The number of pyridine rings is 1. The summed E-state index contributed by atoms with van der Waals surface area (Å²) in [6, 6.07) is 23.1. The van der Waals surface area contributed by atoms with Crippen LogP contribution in [-0.4, -0.2) is 0 Å². The van der Waals surface area contributed by atoms with Crippen molar-refractivity contribution in [1.29, 1.82) is 0 Å². The molecule has 0 bridgehead atoms. The van der Waals surface area contributed by atoms with Gasteiger partial charge in [-0.1, -0.05) is 48.5 Å². The van der Waals surface area contributed by atoms with Crippen LogP contribution in [0.2, 0.25) is 0 Å². The van der Waals surface area contributed by atoms with Crippen LogP contribution < -0.4 is 4.57 Å². The molecule has 0 aliphatic heterocycles. The van der Waals surface area contributed by atoms with Crippen LogP contribution in [0.25, 0.3) is 17.0 Å². The average Bonchev–Trinajstić information content (AvgIpc) is 2.49. The number of rotatable bonds is 3. The first-order valence-electron chi connectivity index (χ1n) is 6.52. The molecule has 92 valence electrons. The second-order valence-corrected chi connectivity index (χ2v) is 4.53. The van der Waals surface area contributed by atoms with Gasteiger partial charge in [-0.15, -0.1) is 0 Å². The molecule has 0 saturated carbocycles. The maximum absolute atomic E-state index is 2.26. The van der Waals surface area contributed by atoms with E-state index >= 15 is 0 Å². The highest BCUT2D eigenvalue weighted by Crippen LogP contribution is 2.08. The molecule has 0 unspecified atom stereocenters. The smallest absolute Gasteiger partial charge is 0.195 e. The van der Waals surface area contributed by atoms with E-state index in [2.05, 4.69) is 83.6 Å². The Balaban J connectivity index is 1.84. The third-order valence-corrected chi connectivity index (χ3v) is 3.20. The highest BCUT2D eigenvalue weighted by Gasteiger charge is 2.04. The van der Waals surface area contributed by atoms with Crippen molar-refractivity contribution < 1.29 is 4.57 Å². The van der Waals surface area contributed by atoms with Crippen molar-refractivity contribution in [2.75, 3.05) is 0 Å². The molecule has 1 nitrogen and oxygen atoms in total. The molecule has 3 rings (SSSR count). The molecule has 2 aromatic carbocycles. The highest BCUT2D eigenvalue weighted by atomic mass is 14.9. The lowest BCUT2D eigenvalue weighted by atomic mass is 10.2. The van der Waals surface area contributed by atoms with E-state index in [-0.39, 0.29) is 0 Å². The summed E-state index contributed by atoms with van der Waals surface area (Å²) in [6.45, 7) is 0.885. The van der Waals surface area contributed by atoms with Gasteiger partial charge in [0.1, 0.15) is 0 Å². The Labute approximate surface area is 113 Å². The van der Waals surface area contributed by atoms with Crippen molar-refractivity contribution in [3.8, 4) is 0 Å². The number of allylic oxidation sites excluding steroid dienone is 1. The zero-order chi connectivity index (χ0) is 12.9. The summed E-state index contributed by atoms with van der Waals surface area (Å²) in [6.07, 6.45) is 6.48. The molecular formula is C18H16N+. The maximum Gasteiger partial charge on any atom is 0.212 e. The zero-order valence-corrected chi connectivity index (χ0v) is 10.7. The monoisotopic (exact) mass is 246 g/mol. The molecule has 0 N–H and O–H groups in total. The minimum absolute atomic E-state index is 0.885. The molecule has 1 heterocycles. The van der Waals surface area contributed by atoms with Crippen molar-refractivity contribution in [2.45, 2.75) is 6.54 Å². The van der Waals surface area contributed by atoms with E-state index in [9.17, 15) is 0 Å². The molecular weight excluding hydrogens is 230 g/mol. The number of hydrogen-bond acceptors (Lipinski definition) is 0. The van der Waals surface area contributed by atoms with E-state index in [4.69, 9.17) is 0 Å². The minimum Gasteiger partial charge on any atom is -0.195 e. The summed E-state index contributed by atoms with van der Waals surface area (Å²) < 4.78 is 2.26. The van der Waals surface area contributed by atoms with E-state index in [1.54, 1.807) is 0 Å². The van der Waals surface area contributed by atoms with Crippen molar-refractivity contribution in [3.05, 3.63) is 84.6 Å². The van der Waals surface area contributed by atoms with Gasteiger partial charge in [-0.3, -0.25) is 0 Å². The van der Waals surface area contributed by atoms with Gasteiger partial charge in [0, 0.05) is 17.5 Å². The van der Waals surface area contributed by atoms with Crippen LogP contribution in [0.3, 0.4) is 0 Å². The predicted molar refractivity (Wildman–Crippen MR) is 79.6 cm³/mol. The fourth-order valence-corrected chi connectivity index (χ4v) is 2.25. The Morgan fingerprint density at radius 1 is 0.789 bits per heavy atom. The number of aromatic nitrogens is 1. The van der Waals surface area contributed by atoms with Crippen molar-refractivity contribution in [2.24, 2.45) is 0 Å². The van der Waals surface area contributed by atoms with E-state index in [1.165, 1.54) is 16.5 Å². The molecule has 19 heavy (non-hydrogen) atoms. The van der Waals surface area contributed by atoms with Crippen molar-refractivity contribution >= 4 is 17.0 Å². The lowest BCUT2D eigenvalue weighted by molar-refractivity contribution is -0.660. The first-order chi connectivity index (χ1) is 9.43. The molecule has 0 amide bonds. The summed E-state index contributed by atoms with van der Waals surface area (Å²) in [5, 5.41) is 1.28. The van der Waals surface area contributed by atoms with Gasteiger partial charge in [-0.25, -0.2) is 0 Å². The van der Waals surface area contributed by atoms with Crippen molar-refractivity contribution in [1.82, 2.24) is 0 Å². The zero-order valence-electron chi connectivity index (χ0n) is 10.7. The quantitative estimate of drug-likeness (QED) is 0.618. The molecule has 0 radical (unpaired) electrons. The highest BCUT2D eigenvalue weighted by molar-refractivity contribution is 5.74. The number of hydrogen-bond donors (Lipinski definition) is 0. The molecule has 1 aromatic heterocycles. The fraction of sp³-hybridized carbons (Fsp3) is 0.0556. The predicted octanol–water partition coefficient (Wildman–Crippen LogP) is 3.84. The SMILES string of the molecule is C(=Cc1ccccc1)C[n+]1cccc2ccccc21. The second-order valence-electron chi connectivity index (χ2n) is 4.53. The Morgan fingerprint density at radius 3 is 2.42 bits per heavy atom. The summed E-state index contributed by atoms with van der Waals surface area (Å²) in [5.41, 5.74) is 2.51. The van der Waals surface area contributed by atoms with E-state index < -0.39 is 0 Å². The van der Waals surface area contributed by atoms with E-state index in [0.717, 1.165) is 6.54 Å². The Bertz CT molecular complexity index is 694. The number of para-hydroxylation sites is 1. The molecule has 0 spiro atoms. The van der Waals surface area contributed by atoms with Crippen LogP contribution in [0.15, 0.2) is 79.0 Å². The largest absolute Gasteiger partial charge is 0.212 e. The molecule has 0 aliphatic carbocycles. The normalized spacial score (nSPS) is 11.2. The minimum atomic E-state index is 0.885. The van der Waals surface area contributed by atoms with Crippen LogP contribution in [0.5, 0.6) is 0 Å². The van der Waals surface area contributed by atoms with Gasteiger partial charge in [0.15, 0.2) is 12.7 Å². The summed E-state index contributed by atoms with van der Waals surface area (Å²) in [5.74, 6) is 0. The standard InChI is InChI=1S/C18H16N/c1-2-8-16(9-3-1)10-6-14-19-15-7-12-17-11-4-5-13-18(17)19/h1-13,15H,14H2/q+1. The molecule has 0 fully saturated rings. The molecule has 0 atom stereocenters. The third kappa shape index (κ3) is 2.71. The van der Waals surface area contributed by atoms with Gasteiger partial charge in [-0.05, 0) is 23.8 Å². The van der Waals surface area contributed by atoms with Crippen LogP contribution in [-0.2, 0) is 6.54 Å². The van der Waals surface area contributed by atoms with Gasteiger partial charge >= 0.3 is 0 Å². The second kappa shape index (κ2) is 5.49. The van der Waals surface area contributed by atoms with Crippen LogP contribution in [0, 0.1) is 0 Å². The molecule has 0 aliphatic rings. The topological polar surface area (TPSA) is 3.88 Å². The van der Waals surface area contributed by atoms with Crippen LogP contribution in [0.1, 0.15) is 5.56 Å². The lowest BCUT2D eigenvalue weighted by Gasteiger charge is -1.98. The average molecular weight is 246 g/mol. The number of benzene rings is 2. The van der Waals surface area contributed by atoms with Gasteiger partial charge < -0.3 is 0 Å². The summed E-state index contributed by atoms with van der Waals surface area (Å²) >= 11 is 0. The van der Waals surface area contributed by atoms with Gasteiger partial charge in [0.2, 0.25) is 5.52 Å². The first-order valence-corrected chi connectivity index (χ1v) is 6.52. The lowest BCUT2D eigenvalue weighted by Crippen LogP contribution is -2.32. The molecule has 1 heteroatoms. The van der Waals surface area contributed by atoms with Crippen molar-refractivity contribution in [3.63, 3.8) is 0 Å². The first kappa shape index (κ1) is 11.7.